The molecule has 1 N–H and O–H groups in total. The number of para-hydroxylation sites is 1. The fourth-order valence-corrected chi connectivity index (χ4v) is 7.09. The minimum absolute atomic E-state index is 0.0411. The molecule has 1 atom stereocenters. The molecule has 214 valence electrons. The van der Waals surface area contributed by atoms with Crippen LogP contribution in [0.4, 0.5) is 5.69 Å². The number of rotatable bonds is 8. The molecule has 0 unspecified atom stereocenters. The summed E-state index contributed by atoms with van der Waals surface area (Å²) in [5.41, 5.74) is 3.32. The molecule has 0 bridgehead atoms. The number of halogens is 1. The third-order valence-corrected chi connectivity index (χ3v) is 9.77. The van der Waals surface area contributed by atoms with E-state index in [0.717, 1.165) is 29.5 Å². The molecule has 0 aromatic heterocycles. The Morgan fingerprint density at radius 3 is 2.29 bits per heavy atom. The molecule has 0 radical (unpaired) electrons. The molecule has 1 aliphatic heterocycles. The molecule has 1 fully saturated rings. The molecule has 0 saturated heterocycles. The van der Waals surface area contributed by atoms with Crippen LogP contribution in [0.3, 0.4) is 0 Å². The first-order chi connectivity index (χ1) is 20.3. The van der Waals surface area contributed by atoms with Gasteiger partial charge in [-0.1, -0.05) is 84.4 Å². The van der Waals surface area contributed by atoms with Crippen molar-refractivity contribution in [1.82, 2.24) is 10.2 Å². The summed E-state index contributed by atoms with van der Waals surface area (Å²) in [6.07, 6.45) is 2.28. The normalized spacial score (nSPS) is 16.4. The number of fused-ring (bicyclic) bond motifs is 1. The van der Waals surface area contributed by atoms with Gasteiger partial charge in [0.25, 0.3) is 15.9 Å². The molecule has 0 spiro atoms. The molecular weight excluding hydrogens is 570 g/mol. The van der Waals surface area contributed by atoms with E-state index in [1.165, 1.54) is 16.4 Å². The van der Waals surface area contributed by atoms with Crippen LogP contribution >= 0.6 is 11.6 Å². The second-order valence-electron chi connectivity index (χ2n) is 10.7. The van der Waals surface area contributed by atoms with E-state index in [9.17, 15) is 18.0 Å². The Balaban J connectivity index is 1.35. The fourth-order valence-electron chi connectivity index (χ4n) is 5.28. The van der Waals surface area contributed by atoms with E-state index in [0.29, 0.717) is 17.1 Å². The first-order valence-corrected chi connectivity index (χ1v) is 15.7. The maximum absolute atomic E-state index is 14.2. The van der Waals surface area contributed by atoms with Gasteiger partial charge in [-0.3, -0.25) is 13.9 Å². The Bertz CT molecular complexity index is 1740. The molecule has 4 aromatic carbocycles. The average Bonchev–Trinajstić information content (AvgIpc) is 3.84. The second kappa shape index (κ2) is 11.6. The lowest BCUT2D eigenvalue weighted by molar-refractivity contribution is -0.126. The number of anilines is 1. The summed E-state index contributed by atoms with van der Waals surface area (Å²) >= 11 is 6.48. The quantitative estimate of drug-likeness (QED) is 0.286. The van der Waals surface area contributed by atoms with Gasteiger partial charge in [0.05, 0.1) is 22.2 Å². The molecule has 2 aliphatic rings. The van der Waals surface area contributed by atoms with E-state index in [4.69, 9.17) is 11.6 Å². The van der Waals surface area contributed by atoms with Crippen LogP contribution in [0.1, 0.15) is 39.9 Å². The third-order valence-electron chi connectivity index (χ3n) is 7.69. The molecular formula is C33H30ClN3O4S. The van der Waals surface area contributed by atoms with E-state index < -0.39 is 22.0 Å². The number of amides is 2. The molecule has 42 heavy (non-hydrogen) atoms. The number of nitrogens with zero attached hydrogens (tertiary/aromatic N) is 2. The zero-order valence-electron chi connectivity index (χ0n) is 22.8. The van der Waals surface area contributed by atoms with Crippen molar-refractivity contribution in [2.24, 2.45) is 0 Å². The SMILES string of the molecule is O=C(NC1CC1)[C@@H]1Cc2ccccc2CN1C(=O)c1cccc(S(=O)(=O)N(Cc2ccccc2)c2ccccc2Cl)c1. The molecule has 9 heteroatoms. The molecule has 1 saturated carbocycles. The third kappa shape index (κ3) is 5.78. The van der Waals surface area contributed by atoms with Crippen molar-refractivity contribution in [1.29, 1.82) is 0 Å². The summed E-state index contributed by atoms with van der Waals surface area (Å²) in [5, 5.41) is 3.33. The van der Waals surface area contributed by atoms with Crippen molar-refractivity contribution < 1.29 is 18.0 Å². The summed E-state index contributed by atoms with van der Waals surface area (Å²) in [6, 6.07) is 29.3. The number of nitrogens with one attached hydrogen (secondary N) is 1. The Morgan fingerprint density at radius 1 is 0.857 bits per heavy atom. The van der Waals surface area contributed by atoms with Gasteiger partial charge in [-0.2, -0.15) is 0 Å². The van der Waals surface area contributed by atoms with Gasteiger partial charge in [-0.05, 0) is 59.9 Å². The number of hydrogen-bond donors (Lipinski definition) is 1. The van der Waals surface area contributed by atoms with E-state index in [1.54, 1.807) is 41.3 Å². The van der Waals surface area contributed by atoms with Crippen LogP contribution in [0, 0.1) is 0 Å². The first-order valence-electron chi connectivity index (χ1n) is 13.9. The minimum atomic E-state index is -4.15. The highest BCUT2D eigenvalue weighted by Gasteiger charge is 2.37. The Hall–Kier alpha value is -4.14. The number of benzene rings is 4. The van der Waals surface area contributed by atoms with E-state index in [1.807, 2.05) is 54.6 Å². The van der Waals surface area contributed by atoms with E-state index >= 15 is 0 Å². The van der Waals surface area contributed by atoms with Crippen molar-refractivity contribution in [3.63, 3.8) is 0 Å². The van der Waals surface area contributed by atoms with Crippen LogP contribution in [0.5, 0.6) is 0 Å². The van der Waals surface area contributed by atoms with Crippen LogP contribution < -0.4 is 9.62 Å². The van der Waals surface area contributed by atoms with Gasteiger partial charge in [0.15, 0.2) is 0 Å². The van der Waals surface area contributed by atoms with Gasteiger partial charge < -0.3 is 10.2 Å². The summed E-state index contributed by atoms with van der Waals surface area (Å²) in [5.74, 6) is -0.582. The monoisotopic (exact) mass is 599 g/mol. The minimum Gasteiger partial charge on any atom is -0.352 e. The highest BCUT2D eigenvalue weighted by Crippen LogP contribution is 2.33. The predicted molar refractivity (Wildman–Crippen MR) is 163 cm³/mol. The first kappa shape index (κ1) is 28.0. The standard InChI is InChI=1S/C33H30ClN3O4S/c34-29-15-6-7-16-30(29)37(21-23-9-2-1-3-10-23)42(40,41)28-14-8-13-25(19-28)33(39)36-22-26-12-5-4-11-24(26)20-31(36)32(38)35-27-17-18-27/h1-16,19,27,31H,17-18,20-22H2,(H,35,38)/t31-/m0/s1. The molecule has 7 nitrogen and oxygen atoms in total. The lowest BCUT2D eigenvalue weighted by Crippen LogP contribution is -2.53. The lowest BCUT2D eigenvalue weighted by Gasteiger charge is -2.36. The summed E-state index contributed by atoms with van der Waals surface area (Å²) in [4.78, 5) is 28.8. The smallest absolute Gasteiger partial charge is 0.264 e. The maximum Gasteiger partial charge on any atom is 0.264 e. The number of carbonyl (C=O) groups is 2. The fraction of sp³-hybridized carbons (Fsp3) is 0.212. The van der Waals surface area contributed by atoms with Gasteiger partial charge in [-0.25, -0.2) is 8.42 Å². The topological polar surface area (TPSA) is 86.8 Å². The van der Waals surface area contributed by atoms with Crippen LogP contribution in [-0.2, 0) is 34.3 Å². The molecule has 2 amide bonds. The van der Waals surface area contributed by atoms with E-state index in [-0.39, 0.29) is 35.5 Å². The number of carbonyl (C=O) groups excluding carboxylic acids is 2. The lowest BCUT2D eigenvalue weighted by atomic mass is 9.92. The average molecular weight is 600 g/mol. The molecule has 1 aliphatic carbocycles. The van der Waals surface area contributed by atoms with E-state index in [2.05, 4.69) is 5.32 Å². The van der Waals surface area contributed by atoms with Gasteiger partial charge >= 0.3 is 0 Å². The Labute approximate surface area is 250 Å². The van der Waals surface area contributed by atoms with Gasteiger partial charge in [0.1, 0.15) is 6.04 Å². The Kier molecular flexibility index (Phi) is 7.75. The summed E-state index contributed by atoms with van der Waals surface area (Å²) < 4.78 is 29.6. The highest BCUT2D eigenvalue weighted by molar-refractivity contribution is 7.92. The summed E-state index contributed by atoms with van der Waals surface area (Å²) in [7, 11) is -4.15. The molecule has 6 rings (SSSR count). The van der Waals surface area contributed by atoms with Gasteiger partial charge in [-0.15, -0.1) is 0 Å². The maximum atomic E-state index is 14.2. The van der Waals surface area contributed by atoms with Crippen LogP contribution in [-0.4, -0.2) is 37.2 Å². The zero-order chi connectivity index (χ0) is 29.3. The highest BCUT2D eigenvalue weighted by atomic mass is 35.5. The number of hydrogen-bond acceptors (Lipinski definition) is 4. The van der Waals surface area contributed by atoms with Crippen molar-refractivity contribution in [2.45, 2.75) is 49.3 Å². The largest absolute Gasteiger partial charge is 0.352 e. The molecule has 4 aromatic rings. The van der Waals surface area contributed by atoms with Crippen molar-refractivity contribution in [3.05, 3.63) is 130 Å². The number of sulfonamides is 1. The van der Waals surface area contributed by atoms with Crippen molar-refractivity contribution in [3.8, 4) is 0 Å². The zero-order valence-corrected chi connectivity index (χ0v) is 24.4. The Morgan fingerprint density at radius 2 is 1.55 bits per heavy atom. The van der Waals surface area contributed by atoms with Crippen LogP contribution in [0.2, 0.25) is 5.02 Å². The second-order valence-corrected chi connectivity index (χ2v) is 13.0. The summed E-state index contributed by atoms with van der Waals surface area (Å²) in [6.45, 7) is 0.311. The van der Waals surface area contributed by atoms with Gasteiger partial charge in [0.2, 0.25) is 5.91 Å². The van der Waals surface area contributed by atoms with Crippen molar-refractivity contribution in [2.75, 3.05) is 4.31 Å². The van der Waals surface area contributed by atoms with Crippen LogP contribution in [0.15, 0.2) is 108 Å². The van der Waals surface area contributed by atoms with Crippen molar-refractivity contribution >= 4 is 39.1 Å². The van der Waals surface area contributed by atoms with Crippen LogP contribution in [0.25, 0.3) is 0 Å². The molecule has 1 heterocycles. The van der Waals surface area contributed by atoms with Gasteiger partial charge in [0, 0.05) is 24.6 Å². The predicted octanol–water partition coefficient (Wildman–Crippen LogP) is 5.58.